The molecule has 0 radical (unpaired) electrons. The first-order chi connectivity index (χ1) is 17.4. The standard InChI is InChI=1S/C28H30N2O5S/c1-3-28(4-2)18-22(21-14-8-10-16-24(21)35-28)29-27(31)26-19-30(23-15-9-11-17-25(23)34-26)36(32,33)20-12-6-5-7-13-20/h5-17,22,26H,3-4,18-19H2,1-2H3,(H,29,31)/t22-,26-/m0/s1. The van der Waals surface area contributed by atoms with Crippen molar-refractivity contribution < 1.29 is 22.7 Å². The molecule has 2 heterocycles. The molecule has 188 valence electrons. The van der Waals surface area contributed by atoms with Gasteiger partial charge in [0, 0.05) is 12.0 Å². The smallest absolute Gasteiger partial charge is 0.264 e. The normalized spacial score (nSPS) is 20.3. The third-order valence-electron chi connectivity index (χ3n) is 7.16. The zero-order chi connectivity index (χ0) is 25.3. The average Bonchev–Trinajstić information content (AvgIpc) is 2.92. The highest BCUT2D eigenvalue weighted by Crippen LogP contribution is 2.43. The predicted octanol–water partition coefficient (Wildman–Crippen LogP) is 4.84. The highest BCUT2D eigenvalue weighted by molar-refractivity contribution is 7.92. The first-order valence-corrected chi connectivity index (χ1v) is 13.7. The molecule has 3 aromatic carbocycles. The Morgan fingerprint density at radius 2 is 1.58 bits per heavy atom. The van der Waals surface area contributed by atoms with Gasteiger partial charge in [0.1, 0.15) is 17.1 Å². The lowest BCUT2D eigenvalue weighted by atomic mass is 9.83. The molecule has 7 nitrogen and oxygen atoms in total. The molecule has 0 saturated carbocycles. The molecule has 2 aliphatic heterocycles. The van der Waals surface area contributed by atoms with E-state index in [0.717, 1.165) is 24.2 Å². The van der Waals surface area contributed by atoms with E-state index in [2.05, 4.69) is 19.2 Å². The van der Waals surface area contributed by atoms with E-state index in [1.165, 1.54) is 4.31 Å². The number of rotatable bonds is 6. The van der Waals surface area contributed by atoms with Gasteiger partial charge in [0.15, 0.2) is 6.10 Å². The largest absolute Gasteiger partial charge is 0.487 e. The Kier molecular flexibility index (Phi) is 6.38. The van der Waals surface area contributed by atoms with Gasteiger partial charge in [-0.1, -0.05) is 62.4 Å². The third-order valence-corrected chi connectivity index (χ3v) is 8.95. The zero-order valence-electron chi connectivity index (χ0n) is 20.4. The van der Waals surface area contributed by atoms with Gasteiger partial charge in [-0.05, 0) is 43.2 Å². The number of fused-ring (bicyclic) bond motifs is 2. The Labute approximate surface area is 212 Å². The molecule has 0 bridgehead atoms. The fourth-order valence-corrected chi connectivity index (χ4v) is 6.48. The number of amides is 1. The maximum Gasteiger partial charge on any atom is 0.264 e. The van der Waals surface area contributed by atoms with Gasteiger partial charge in [-0.2, -0.15) is 0 Å². The summed E-state index contributed by atoms with van der Waals surface area (Å²) in [5.41, 5.74) is 0.945. The number of sulfonamides is 1. The first-order valence-electron chi connectivity index (χ1n) is 12.3. The minimum atomic E-state index is -3.90. The number of benzene rings is 3. The number of anilines is 1. The van der Waals surface area contributed by atoms with E-state index in [-0.39, 0.29) is 29.0 Å². The number of para-hydroxylation sites is 3. The molecule has 0 unspecified atom stereocenters. The van der Waals surface area contributed by atoms with Gasteiger partial charge < -0.3 is 14.8 Å². The number of nitrogens with zero attached hydrogens (tertiary/aromatic N) is 1. The van der Waals surface area contributed by atoms with Crippen LogP contribution in [0.15, 0.2) is 83.8 Å². The molecule has 8 heteroatoms. The van der Waals surface area contributed by atoms with E-state index in [9.17, 15) is 13.2 Å². The maximum absolute atomic E-state index is 13.6. The molecule has 36 heavy (non-hydrogen) atoms. The van der Waals surface area contributed by atoms with Crippen molar-refractivity contribution in [1.82, 2.24) is 5.32 Å². The summed E-state index contributed by atoms with van der Waals surface area (Å²) < 4.78 is 40.8. The van der Waals surface area contributed by atoms with Crippen LogP contribution < -0.4 is 19.1 Å². The summed E-state index contributed by atoms with van der Waals surface area (Å²) in [5, 5.41) is 3.15. The number of nitrogens with one attached hydrogen (secondary N) is 1. The first kappa shape index (κ1) is 24.2. The lowest BCUT2D eigenvalue weighted by Gasteiger charge is -2.42. The Morgan fingerprint density at radius 3 is 2.31 bits per heavy atom. The van der Waals surface area contributed by atoms with Crippen LogP contribution in [-0.2, 0) is 14.8 Å². The molecule has 2 aliphatic rings. The van der Waals surface area contributed by atoms with Crippen LogP contribution in [0.4, 0.5) is 5.69 Å². The molecule has 0 aromatic heterocycles. The lowest BCUT2D eigenvalue weighted by Crippen LogP contribution is -2.52. The van der Waals surface area contributed by atoms with E-state index in [4.69, 9.17) is 9.47 Å². The number of carbonyl (C=O) groups excluding carboxylic acids is 1. The summed E-state index contributed by atoms with van der Waals surface area (Å²) in [6.45, 7) is 4.05. The minimum absolute atomic E-state index is 0.127. The summed E-state index contributed by atoms with van der Waals surface area (Å²) in [6.07, 6.45) is 1.23. The highest BCUT2D eigenvalue weighted by atomic mass is 32.2. The predicted molar refractivity (Wildman–Crippen MR) is 138 cm³/mol. The van der Waals surface area contributed by atoms with Crippen molar-refractivity contribution in [3.63, 3.8) is 0 Å². The number of carbonyl (C=O) groups is 1. The molecular weight excluding hydrogens is 476 g/mol. The van der Waals surface area contributed by atoms with Crippen LogP contribution >= 0.6 is 0 Å². The summed E-state index contributed by atoms with van der Waals surface area (Å²) in [6, 6.07) is 22.6. The van der Waals surface area contributed by atoms with Crippen LogP contribution in [0.2, 0.25) is 0 Å². The summed E-state index contributed by atoms with van der Waals surface area (Å²) in [7, 11) is -3.90. The van der Waals surface area contributed by atoms with Crippen molar-refractivity contribution >= 4 is 21.6 Å². The maximum atomic E-state index is 13.6. The lowest BCUT2D eigenvalue weighted by molar-refractivity contribution is -0.129. The summed E-state index contributed by atoms with van der Waals surface area (Å²) in [5.74, 6) is 0.758. The molecule has 0 fully saturated rings. The SMILES string of the molecule is CCC1(CC)C[C@H](NC(=O)[C@@H]2CN(S(=O)(=O)c3ccccc3)c3ccccc3O2)c2ccccc2O1. The number of hydrogen-bond acceptors (Lipinski definition) is 5. The van der Waals surface area contributed by atoms with Gasteiger partial charge in [-0.3, -0.25) is 9.10 Å². The molecule has 3 aromatic rings. The second-order valence-corrected chi connectivity index (χ2v) is 11.1. The van der Waals surface area contributed by atoms with Crippen molar-refractivity contribution in [3.8, 4) is 11.5 Å². The second kappa shape index (κ2) is 9.50. The van der Waals surface area contributed by atoms with Crippen molar-refractivity contribution in [3.05, 3.63) is 84.4 Å². The summed E-state index contributed by atoms with van der Waals surface area (Å²) >= 11 is 0. The molecule has 2 atom stereocenters. The van der Waals surface area contributed by atoms with Crippen LogP contribution in [-0.4, -0.2) is 32.6 Å². The Morgan fingerprint density at radius 1 is 0.944 bits per heavy atom. The third kappa shape index (κ3) is 4.30. The van der Waals surface area contributed by atoms with Crippen molar-refractivity contribution in [2.45, 2.75) is 55.8 Å². The van der Waals surface area contributed by atoms with Crippen LogP contribution in [0.3, 0.4) is 0 Å². The Balaban J connectivity index is 1.45. The second-order valence-electron chi connectivity index (χ2n) is 9.22. The van der Waals surface area contributed by atoms with Crippen LogP contribution in [0.25, 0.3) is 0 Å². The van der Waals surface area contributed by atoms with E-state index < -0.39 is 16.1 Å². The van der Waals surface area contributed by atoms with Crippen LogP contribution in [0, 0.1) is 0 Å². The van der Waals surface area contributed by atoms with Gasteiger partial charge >= 0.3 is 0 Å². The number of ether oxygens (including phenoxy) is 2. The van der Waals surface area contributed by atoms with E-state index >= 15 is 0 Å². The number of hydrogen-bond donors (Lipinski definition) is 1. The quantitative estimate of drug-likeness (QED) is 0.517. The topological polar surface area (TPSA) is 84.9 Å². The van der Waals surface area contributed by atoms with Crippen molar-refractivity contribution in [2.24, 2.45) is 0 Å². The highest BCUT2D eigenvalue weighted by Gasteiger charge is 2.42. The van der Waals surface area contributed by atoms with Gasteiger partial charge in [0.2, 0.25) is 0 Å². The molecule has 1 N–H and O–H groups in total. The Hall–Kier alpha value is -3.52. The minimum Gasteiger partial charge on any atom is -0.487 e. The van der Waals surface area contributed by atoms with Gasteiger partial charge in [0.25, 0.3) is 15.9 Å². The van der Waals surface area contributed by atoms with Crippen molar-refractivity contribution in [1.29, 1.82) is 0 Å². The fraction of sp³-hybridized carbons (Fsp3) is 0.321. The zero-order valence-corrected chi connectivity index (χ0v) is 21.2. The fourth-order valence-electron chi connectivity index (χ4n) is 4.98. The van der Waals surface area contributed by atoms with E-state index in [1.807, 2.05) is 24.3 Å². The molecular formula is C28H30N2O5S. The monoisotopic (exact) mass is 506 g/mol. The van der Waals surface area contributed by atoms with Gasteiger partial charge in [-0.25, -0.2) is 8.42 Å². The molecule has 5 rings (SSSR count). The van der Waals surface area contributed by atoms with Gasteiger partial charge in [-0.15, -0.1) is 0 Å². The molecule has 1 amide bonds. The summed E-state index contributed by atoms with van der Waals surface area (Å²) in [4.78, 5) is 13.7. The van der Waals surface area contributed by atoms with Crippen molar-refractivity contribution in [2.75, 3.05) is 10.8 Å². The van der Waals surface area contributed by atoms with Gasteiger partial charge in [0.05, 0.1) is 23.2 Å². The van der Waals surface area contributed by atoms with E-state index in [0.29, 0.717) is 17.9 Å². The van der Waals surface area contributed by atoms with E-state index in [1.54, 1.807) is 54.6 Å². The molecule has 0 aliphatic carbocycles. The Bertz CT molecular complexity index is 1360. The average molecular weight is 507 g/mol. The molecule has 0 saturated heterocycles. The molecule has 0 spiro atoms. The van der Waals surface area contributed by atoms with Crippen LogP contribution in [0.5, 0.6) is 11.5 Å². The van der Waals surface area contributed by atoms with Crippen LogP contribution in [0.1, 0.15) is 44.7 Å².